The van der Waals surface area contributed by atoms with Gasteiger partial charge in [0.05, 0.1) is 10.6 Å². The van der Waals surface area contributed by atoms with Crippen molar-refractivity contribution >= 4 is 39.3 Å². The van der Waals surface area contributed by atoms with Crippen LogP contribution in [0, 0.1) is 0 Å². The van der Waals surface area contributed by atoms with Gasteiger partial charge in [0.15, 0.2) is 0 Å². The Balaban J connectivity index is 1.66. The SMILES string of the molecule is CSc1ccc(S(=O)(=O)NCc2ccc(CN3CCCC3=O)cc2)cc1NC(C)=O. The van der Waals surface area contributed by atoms with Gasteiger partial charge >= 0.3 is 0 Å². The molecule has 2 amide bonds. The summed E-state index contributed by atoms with van der Waals surface area (Å²) in [6.45, 7) is 2.90. The van der Waals surface area contributed by atoms with E-state index in [1.807, 2.05) is 35.4 Å². The minimum Gasteiger partial charge on any atom is -0.338 e. The summed E-state index contributed by atoms with van der Waals surface area (Å²) in [5.41, 5.74) is 2.31. The Kier molecular flexibility index (Phi) is 7.17. The molecule has 1 aliphatic rings. The third-order valence-electron chi connectivity index (χ3n) is 4.83. The maximum atomic E-state index is 12.7. The van der Waals surface area contributed by atoms with Gasteiger partial charge in [-0.3, -0.25) is 9.59 Å². The minimum absolute atomic E-state index is 0.0909. The quantitative estimate of drug-likeness (QED) is 0.607. The number of amides is 2. The van der Waals surface area contributed by atoms with Crippen LogP contribution in [0.25, 0.3) is 0 Å². The summed E-state index contributed by atoms with van der Waals surface area (Å²) in [5.74, 6) is -0.0820. The van der Waals surface area contributed by atoms with Crippen LogP contribution >= 0.6 is 11.8 Å². The van der Waals surface area contributed by atoms with Gasteiger partial charge in [0.2, 0.25) is 21.8 Å². The van der Waals surface area contributed by atoms with Gasteiger partial charge in [-0.1, -0.05) is 24.3 Å². The van der Waals surface area contributed by atoms with Gasteiger partial charge in [0.25, 0.3) is 0 Å². The molecule has 2 aromatic carbocycles. The van der Waals surface area contributed by atoms with Gasteiger partial charge in [-0.25, -0.2) is 13.1 Å². The highest BCUT2D eigenvalue weighted by molar-refractivity contribution is 7.98. The number of carbonyl (C=O) groups excluding carboxylic acids is 2. The molecule has 1 saturated heterocycles. The minimum atomic E-state index is -3.74. The first-order valence-corrected chi connectivity index (χ1v) is 12.3. The van der Waals surface area contributed by atoms with Crippen molar-refractivity contribution in [3.05, 3.63) is 53.6 Å². The molecular weight excluding hydrogens is 422 g/mol. The van der Waals surface area contributed by atoms with Crippen LogP contribution in [0.15, 0.2) is 52.3 Å². The molecule has 0 spiro atoms. The lowest BCUT2D eigenvalue weighted by Gasteiger charge is -2.15. The Morgan fingerprint density at radius 1 is 1.13 bits per heavy atom. The predicted octanol–water partition coefficient (Wildman–Crippen LogP) is 2.97. The highest BCUT2D eigenvalue weighted by atomic mass is 32.2. The number of sulfonamides is 1. The highest BCUT2D eigenvalue weighted by Crippen LogP contribution is 2.28. The Morgan fingerprint density at radius 3 is 2.43 bits per heavy atom. The zero-order chi connectivity index (χ0) is 21.7. The Labute approximate surface area is 181 Å². The largest absolute Gasteiger partial charge is 0.338 e. The van der Waals surface area contributed by atoms with Gasteiger partial charge < -0.3 is 10.2 Å². The van der Waals surface area contributed by atoms with E-state index in [-0.39, 0.29) is 23.3 Å². The first-order valence-electron chi connectivity index (χ1n) is 9.59. The Morgan fingerprint density at radius 2 is 1.83 bits per heavy atom. The van der Waals surface area contributed by atoms with Crippen molar-refractivity contribution in [1.29, 1.82) is 0 Å². The molecule has 1 aliphatic heterocycles. The average molecular weight is 448 g/mol. The molecule has 0 aromatic heterocycles. The first-order chi connectivity index (χ1) is 14.3. The van der Waals surface area contributed by atoms with Crippen LogP contribution in [-0.4, -0.2) is 37.9 Å². The summed E-state index contributed by atoms with van der Waals surface area (Å²) >= 11 is 1.43. The number of anilines is 1. The van der Waals surface area contributed by atoms with Crippen molar-refractivity contribution in [2.75, 3.05) is 18.1 Å². The third kappa shape index (κ3) is 5.62. The van der Waals surface area contributed by atoms with Gasteiger partial charge in [-0.15, -0.1) is 11.8 Å². The summed E-state index contributed by atoms with van der Waals surface area (Å²) < 4.78 is 28.0. The Hall–Kier alpha value is -2.36. The molecule has 0 bridgehead atoms. The molecule has 160 valence electrons. The van der Waals surface area contributed by atoms with E-state index in [4.69, 9.17) is 0 Å². The lowest BCUT2D eigenvalue weighted by Crippen LogP contribution is -2.24. The molecule has 2 aromatic rings. The van der Waals surface area contributed by atoms with Crippen LogP contribution in [0.4, 0.5) is 5.69 Å². The molecule has 0 aliphatic carbocycles. The Bertz CT molecular complexity index is 1040. The molecule has 3 rings (SSSR count). The topological polar surface area (TPSA) is 95.6 Å². The number of hydrogen-bond donors (Lipinski definition) is 2. The van der Waals surface area contributed by atoms with E-state index in [2.05, 4.69) is 10.0 Å². The van der Waals surface area contributed by atoms with Crippen LogP contribution < -0.4 is 10.0 Å². The van der Waals surface area contributed by atoms with Crippen LogP contribution in [0.5, 0.6) is 0 Å². The predicted molar refractivity (Wildman–Crippen MR) is 118 cm³/mol. The van der Waals surface area contributed by atoms with E-state index >= 15 is 0 Å². The first kappa shape index (κ1) is 22.3. The normalized spacial score (nSPS) is 14.2. The summed E-state index contributed by atoms with van der Waals surface area (Å²) in [6.07, 6.45) is 3.37. The molecule has 0 saturated carbocycles. The van der Waals surface area contributed by atoms with E-state index in [0.29, 0.717) is 18.7 Å². The molecule has 1 heterocycles. The number of benzene rings is 2. The van der Waals surface area contributed by atoms with E-state index in [1.54, 1.807) is 6.07 Å². The molecule has 30 heavy (non-hydrogen) atoms. The second-order valence-corrected chi connectivity index (χ2v) is 9.72. The fraction of sp³-hybridized carbons (Fsp3) is 0.333. The van der Waals surface area contributed by atoms with Crippen LogP contribution in [0.1, 0.15) is 30.9 Å². The second-order valence-electron chi connectivity index (χ2n) is 7.10. The maximum Gasteiger partial charge on any atom is 0.240 e. The monoisotopic (exact) mass is 447 g/mol. The molecule has 9 heteroatoms. The third-order valence-corrected chi connectivity index (χ3v) is 7.02. The number of rotatable bonds is 8. The number of nitrogens with zero attached hydrogens (tertiary/aromatic N) is 1. The van der Waals surface area contributed by atoms with E-state index < -0.39 is 10.0 Å². The van der Waals surface area contributed by atoms with Crippen LogP contribution in [0.3, 0.4) is 0 Å². The molecule has 1 fully saturated rings. The van der Waals surface area contributed by atoms with Crippen molar-refractivity contribution in [3.63, 3.8) is 0 Å². The standard InChI is InChI=1S/C21H25N3O4S2/c1-15(25)23-19-12-18(9-10-20(19)29-2)30(27,28)22-13-16-5-7-17(8-6-16)14-24-11-3-4-21(24)26/h5-10,12,22H,3-4,11,13-14H2,1-2H3,(H,23,25). The van der Waals surface area contributed by atoms with Crippen LogP contribution in [0.2, 0.25) is 0 Å². The average Bonchev–Trinajstić information content (AvgIpc) is 3.11. The molecule has 2 N–H and O–H groups in total. The summed E-state index contributed by atoms with van der Waals surface area (Å²) in [4.78, 5) is 25.9. The van der Waals surface area contributed by atoms with Crippen molar-refractivity contribution in [1.82, 2.24) is 9.62 Å². The summed E-state index contributed by atoms with van der Waals surface area (Å²) in [7, 11) is -3.74. The zero-order valence-electron chi connectivity index (χ0n) is 17.0. The molecular formula is C21H25N3O4S2. The lowest BCUT2D eigenvalue weighted by molar-refractivity contribution is -0.128. The van der Waals surface area contributed by atoms with Crippen molar-refractivity contribution in [2.24, 2.45) is 0 Å². The fourth-order valence-electron chi connectivity index (χ4n) is 3.26. The van der Waals surface area contributed by atoms with Crippen molar-refractivity contribution < 1.29 is 18.0 Å². The molecule has 0 atom stereocenters. The zero-order valence-corrected chi connectivity index (χ0v) is 18.6. The smallest absolute Gasteiger partial charge is 0.240 e. The van der Waals surface area contributed by atoms with Gasteiger partial charge in [0.1, 0.15) is 0 Å². The van der Waals surface area contributed by atoms with Gasteiger partial charge in [-0.2, -0.15) is 0 Å². The summed E-state index contributed by atoms with van der Waals surface area (Å²) in [6, 6.07) is 12.2. The van der Waals surface area contributed by atoms with Crippen molar-refractivity contribution in [2.45, 2.75) is 42.6 Å². The molecule has 0 unspecified atom stereocenters. The number of thioether (sulfide) groups is 1. The number of nitrogens with one attached hydrogen (secondary N) is 2. The molecule has 7 nitrogen and oxygen atoms in total. The maximum absolute atomic E-state index is 12.7. The number of hydrogen-bond acceptors (Lipinski definition) is 5. The van der Waals surface area contributed by atoms with Crippen LogP contribution in [-0.2, 0) is 32.7 Å². The van der Waals surface area contributed by atoms with E-state index in [0.717, 1.165) is 29.0 Å². The van der Waals surface area contributed by atoms with E-state index in [9.17, 15) is 18.0 Å². The second kappa shape index (κ2) is 9.63. The van der Waals surface area contributed by atoms with E-state index in [1.165, 1.54) is 30.8 Å². The number of carbonyl (C=O) groups is 2. The molecule has 0 radical (unpaired) electrons. The number of likely N-dealkylation sites (tertiary alicyclic amines) is 1. The van der Waals surface area contributed by atoms with Gasteiger partial charge in [0, 0.05) is 37.9 Å². The fourth-order valence-corrected chi connectivity index (χ4v) is 4.83. The summed E-state index contributed by atoms with van der Waals surface area (Å²) in [5, 5.41) is 2.67. The van der Waals surface area contributed by atoms with Crippen molar-refractivity contribution in [3.8, 4) is 0 Å². The van der Waals surface area contributed by atoms with Gasteiger partial charge in [-0.05, 0) is 42.0 Å². The highest BCUT2D eigenvalue weighted by Gasteiger charge is 2.20. The lowest BCUT2D eigenvalue weighted by atomic mass is 10.1.